The number of nitriles is 2. The highest BCUT2D eigenvalue weighted by Crippen LogP contribution is 2.30. The Morgan fingerprint density at radius 1 is 0.640 bits per heavy atom. The highest BCUT2D eigenvalue weighted by molar-refractivity contribution is 7.14. The van der Waals surface area contributed by atoms with E-state index in [2.05, 4.69) is 12.1 Å². The smallest absolute Gasteiger partial charge is 0.101 e. The molecule has 0 bridgehead atoms. The predicted molar refractivity (Wildman–Crippen MR) is 104 cm³/mol. The maximum absolute atomic E-state index is 9.49. The number of thiophene rings is 1. The van der Waals surface area contributed by atoms with E-state index in [1.165, 1.54) is 11.3 Å². The lowest BCUT2D eigenvalue weighted by Gasteiger charge is -1.97. The van der Waals surface area contributed by atoms with Crippen molar-refractivity contribution in [3.05, 3.63) is 93.7 Å². The van der Waals surface area contributed by atoms with Crippen molar-refractivity contribution in [2.75, 3.05) is 0 Å². The van der Waals surface area contributed by atoms with Gasteiger partial charge in [0.25, 0.3) is 0 Å². The summed E-state index contributed by atoms with van der Waals surface area (Å²) < 4.78 is 0. The molecule has 0 fully saturated rings. The fraction of sp³-hybridized carbons (Fsp3) is 0. The van der Waals surface area contributed by atoms with Gasteiger partial charge in [-0.15, -0.1) is 11.3 Å². The van der Waals surface area contributed by atoms with Crippen molar-refractivity contribution in [3.8, 4) is 12.1 Å². The molecule has 0 radical (unpaired) electrons. The van der Waals surface area contributed by atoms with Gasteiger partial charge in [0.2, 0.25) is 0 Å². The van der Waals surface area contributed by atoms with E-state index in [0.29, 0.717) is 11.1 Å². The zero-order chi connectivity index (χ0) is 17.5. The first-order valence-corrected chi connectivity index (χ1v) is 8.56. The molecular formula is C22H14N2S. The molecule has 1 aromatic heterocycles. The molecule has 3 heteroatoms. The summed E-state index contributed by atoms with van der Waals surface area (Å²) in [6.07, 6.45) is 3.73. The van der Waals surface area contributed by atoms with Gasteiger partial charge >= 0.3 is 0 Å². The standard InChI is InChI=1S/C22H14N2S/c23-15-19(13-17-7-3-1-4-8-17)21-11-12-22(25-21)20(16-24)14-18-9-5-2-6-10-18/h1-14H/b19-13-,20-14-. The van der Waals surface area contributed by atoms with E-state index in [1.54, 1.807) is 0 Å². The van der Waals surface area contributed by atoms with Gasteiger partial charge in [0, 0.05) is 9.75 Å². The van der Waals surface area contributed by atoms with Gasteiger partial charge < -0.3 is 0 Å². The summed E-state index contributed by atoms with van der Waals surface area (Å²) in [6, 6.07) is 27.8. The Hall–Kier alpha value is -3.40. The molecule has 0 unspecified atom stereocenters. The predicted octanol–water partition coefficient (Wildman–Crippen LogP) is 5.88. The molecule has 2 nitrogen and oxygen atoms in total. The molecule has 0 spiro atoms. The third-order valence-corrected chi connectivity index (χ3v) is 4.75. The molecule has 0 saturated heterocycles. The zero-order valence-corrected chi connectivity index (χ0v) is 14.2. The van der Waals surface area contributed by atoms with E-state index < -0.39 is 0 Å². The van der Waals surface area contributed by atoms with Crippen LogP contribution in [0.3, 0.4) is 0 Å². The summed E-state index contributed by atoms with van der Waals surface area (Å²) in [4.78, 5) is 1.71. The second kappa shape index (κ2) is 7.93. The lowest BCUT2D eigenvalue weighted by Crippen LogP contribution is -1.77. The van der Waals surface area contributed by atoms with E-state index in [9.17, 15) is 10.5 Å². The fourth-order valence-electron chi connectivity index (χ4n) is 2.38. The molecule has 3 aromatic rings. The molecule has 0 aliphatic carbocycles. The van der Waals surface area contributed by atoms with Gasteiger partial charge in [-0.3, -0.25) is 0 Å². The third kappa shape index (κ3) is 4.12. The molecule has 1 heterocycles. The number of benzene rings is 2. The first-order chi connectivity index (χ1) is 12.3. The van der Waals surface area contributed by atoms with Crippen LogP contribution in [0.2, 0.25) is 0 Å². The van der Waals surface area contributed by atoms with Gasteiger partial charge in [0.1, 0.15) is 12.1 Å². The van der Waals surface area contributed by atoms with Crippen LogP contribution in [-0.4, -0.2) is 0 Å². The van der Waals surface area contributed by atoms with Gasteiger partial charge in [0.15, 0.2) is 0 Å². The number of allylic oxidation sites excluding steroid dienone is 2. The van der Waals surface area contributed by atoms with Crippen molar-refractivity contribution in [2.24, 2.45) is 0 Å². The Morgan fingerprint density at radius 3 is 1.40 bits per heavy atom. The molecule has 2 aromatic carbocycles. The topological polar surface area (TPSA) is 47.6 Å². The highest BCUT2D eigenvalue weighted by Gasteiger charge is 2.09. The van der Waals surface area contributed by atoms with E-state index in [-0.39, 0.29) is 0 Å². The lowest BCUT2D eigenvalue weighted by atomic mass is 10.1. The minimum absolute atomic E-state index is 0.597. The van der Waals surface area contributed by atoms with Crippen LogP contribution in [0.25, 0.3) is 23.3 Å². The summed E-state index contributed by atoms with van der Waals surface area (Å²) >= 11 is 1.46. The largest absolute Gasteiger partial charge is 0.192 e. The number of hydrogen-bond donors (Lipinski definition) is 0. The van der Waals surface area contributed by atoms with Gasteiger partial charge in [-0.1, -0.05) is 60.7 Å². The maximum Gasteiger partial charge on any atom is 0.101 e. The fourth-order valence-corrected chi connectivity index (χ4v) is 3.31. The molecular weight excluding hydrogens is 324 g/mol. The minimum atomic E-state index is 0.597. The van der Waals surface area contributed by atoms with Gasteiger partial charge in [-0.05, 0) is 35.4 Å². The van der Waals surface area contributed by atoms with Crippen molar-refractivity contribution in [1.29, 1.82) is 10.5 Å². The van der Waals surface area contributed by atoms with Crippen LogP contribution in [0.15, 0.2) is 72.8 Å². The molecule has 0 saturated carbocycles. The second-order valence-electron chi connectivity index (χ2n) is 5.32. The Labute approximate surface area is 151 Å². The number of rotatable bonds is 4. The molecule has 0 aliphatic rings. The molecule has 3 rings (SSSR count). The molecule has 0 atom stereocenters. The Balaban J connectivity index is 1.94. The minimum Gasteiger partial charge on any atom is -0.192 e. The Bertz CT molecular complexity index is 915. The Kier molecular flexibility index (Phi) is 5.22. The van der Waals surface area contributed by atoms with Crippen molar-refractivity contribution < 1.29 is 0 Å². The zero-order valence-electron chi connectivity index (χ0n) is 13.4. The Morgan fingerprint density at radius 2 is 1.04 bits per heavy atom. The van der Waals surface area contributed by atoms with Crippen molar-refractivity contribution >= 4 is 34.6 Å². The quantitative estimate of drug-likeness (QED) is 0.558. The second-order valence-corrected chi connectivity index (χ2v) is 6.41. The van der Waals surface area contributed by atoms with Gasteiger partial charge in [0.05, 0.1) is 11.1 Å². The summed E-state index contributed by atoms with van der Waals surface area (Å²) in [5.74, 6) is 0. The monoisotopic (exact) mass is 338 g/mol. The van der Waals surface area contributed by atoms with Crippen molar-refractivity contribution in [2.45, 2.75) is 0 Å². The average molecular weight is 338 g/mol. The van der Waals surface area contributed by atoms with Gasteiger partial charge in [-0.2, -0.15) is 10.5 Å². The van der Waals surface area contributed by atoms with E-state index in [4.69, 9.17) is 0 Å². The van der Waals surface area contributed by atoms with Crippen LogP contribution in [-0.2, 0) is 0 Å². The van der Waals surface area contributed by atoms with Crippen LogP contribution in [0.5, 0.6) is 0 Å². The summed E-state index contributed by atoms with van der Waals surface area (Å²) in [7, 11) is 0. The maximum atomic E-state index is 9.49. The average Bonchev–Trinajstić information content (AvgIpc) is 3.15. The molecule has 0 aliphatic heterocycles. The van der Waals surface area contributed by atoms with E-state index in [1.807, 2.05) is 84.9 Å². The van der Waals surface area contributed by atoms with Gasteiger partial charge in [-0.25, -0.2) is 0 Å². The summed E-state index contributed by atoms with van der Waals surface area (Å²) in [5, 5.41) is 19.0. The molecule has 25 heavy (non-hydrogen) atoms. The molecule has 118 valence electrons. The normalized spacial score (nSPS) is 11.6. The SMILES string of the molecule is N#C/C(=C/c1ccccc1)c1ccc(/C(C#N)=C\c2ccccc2)s1. The van der Waals surface area contributed by atoms with Crippen LogP contribution in [0.1, 0.15) is 20.9 Å². The van der Waals surface area contributed by atoms with E-state index in [0.717, 1.165) is 20.9 Å². The first-order valence-electron chi connectivity index (χ1n) is 7.74. The lowest BCUT2D eigenvalue weighted by molar-refractivity contribution is 1.54. The number of hydrogen-bond acceptors (Lipinski definition) is 3. The van der Waals surface area contributed by atoms with Crippen molar-refractivity contribution in [1.82, 2.24) is 0 Å². The van der Waals surface area contributed by atoms with Crippen LogP contribution < -0.4 is 0 Å². The number of nitrogens with zero attached hydrogens (tertiary/aromatic N) is 2. The van der Waals surface area contributed by atoms with Crippen LogP contribution >= 0.6 is 11.3 Å². The third-order valence-electron chi connectivity index (χ3n) is 3.60. The van der Waals surface area contributed by atoms with Crippen molar-refractivity contribution in [3.63, 3.8) is 0 Å². The van der Waals surface area contributed by atoms with Crippen LogP contribution in [0.4, 0.5) is 0 Å². The summed E-state index contributed by atoms with van der Waals surface area (Å²) in [6.45, 7) is 0. The molecule has 0 amide bonds. The van der Waals surface area contributed by atoms with E-state index >= 15 is 0 Å². The first kappa shape index (κ1) is 16.5. The van der Waals surface area contributed by atoms with Crippen LogP contribution in [0, 0.1) is 22.7 Å². The highest BCUT2D eigenvalue weighted by atomic mass is 32.1. The summed E-state index contributed by atoms with van der Waals surface area (Å²) in [5.41, 5.74) is 3.16. The molecule has 0 N–H and O–H groups in total.